The number of aromatic nitrogens is 2. The fourth-order valence-corrected chi connectivity index (χ4v) is 3.64. The van der Waals surface area contributed by atoms with Gasteiger partial charge in [0, 0.05) is 6.04 Å². The maximum absolute atomic E-state index is 12.3. The Morgan fingerprint density at radius 3 is 2.80 bits per heavy atom. The molecule has 1 aromatic heterocycles. The third-order valence-corrected chi connectivity index (χ3v) is 4.98. The van der Waals surface area contributed by atoms with E-state index >= 15 is 0 Å². The fourth-order valence-electron chi connectivity index (χ4n) is 1.90. The number of nitrogens with one attached hydrogen (secondary N) is 2. The predicted octanol–water partition coefficient (Wildman–Crippen LogP) is 2.01. The van der Waals surface area contributed by atoms with Crippen LogP contribution in [0.25, 0.3) is 0 Å². The van der Waals surface area contributed by atoms with Crippen LogP contribution in [0.4, 0.5) is 5.13 Å². The minimum Gasteiger partial charge on any atom is -0.313 e. The number of rotatable bonds is 6. The summed E-state index contributed by atoms with van der Waals surface area (Å²) in [5, 5.41) is 10.7. The minimum absolute atomic E-state index is 0.131. The molecule has 1 atom stereocenters. The quantitative estimate of drug-likeness (QED) is 0.852. The Morgan fingerprint density at radius 2 is 2.20 bits per heavy atom. The first-order valence-corrected chi connectivity index (χ1v) is 8.49. The van der Waals surface area contributed by atoms with E-state index in [4.69, 9.17) is 0 Å². The van der Waals surface area contributed by atoms with Gasteiger partial charge >= 0.3 is 0 Å². The number of anilines is 1. The molecule has 1 aromatic carbocycles. The molecule has 2 aromatic rings. The molecule has 108 valence electrons. The molecule has 20 heavy (non-hydrogen) atoms. The average molecular weight is 312 g/mol. The van der Waals surface area contributed by atoms with Crippen LogP contribution in [0.1, 0.15) is 24.9 Å². The van der Waals surface area contributed by atoms with Crippen LogP contribution in [0.3, 0.4) is 0 Å². The van der Waals surface area contributed by atoms with Crippen LogP contribution in [0.5, 0.6) is 0 Å². The zero-order valence-electron chi connectivity index (χ0n) is 11.2. The van der Waals surface area contributed by atoms with Gasteiger partial charge in [-0.2, -0.15) is 0 Å². The summed E-state index contributed by atoms with van der Waals surface area (Å²) in [7, 11) is -1.77. The van der Waals surface area contributed by atoms with Crippen LogP contribution < -0.4 is 10.0 Å². The van der Waals surface area contributed by atoms with Gasteiger partial charge in [0.2, 0.25) is 5.13 Å². The van der Waals surface area contributed by atoms with E-state index in [0.717, 1.165) is 23.3 Å². The molecule has 1 unspecified atom stereocenters. The summed E-state index contributed by atoms with van der Waals surface area (Å²) < 4.78 is 26.9. The highest BCUT2D eigenvalue weighted by Crippen LogP contribution is 2.22. The average Bonchev–Trinajstić information content (AvgIpc) is 2.93. The number of benzene rings is 1. The molecule has 0 bridgehead atoms. The van der Waals surface area contributed by atoms with Gasteiger partial charge in [0.05, 0.1) is 4.90 Å². The Hall–Kier alpha value is -1.51. The second kappa shape index (κ2) is 6.29. The van der Waals surface area contributed by atoms with Gasteiger partial charge < -0.3 is 5.32 Å². The molecule has 2 N–H and O–H groups in total. The van der Waals surface area contributed by atoms with Crippen molar-refractivity contribution in [3.63, 3.8) is 0 Å². The Kier molecular flexibility index (Phi) is 4.69. The van der Waals surface area contributed by atoms with Gasteiger partial charge in [-0.3, -0.25) is 4.72 Å². The van der Waals surface area contributed by atoms with E-state index in [1.807, 2.05) is 20.0 Å². The van der Waals surface area contributed by atoms with Crippen LogP contribution in [-0.2, 0) is 10.0 Å². The molecule has 0 aliphatic rings. The van der Waals surface area contributed by atoms with Crippen LogP contribution in [0.2, 0.25) is 0 Å². The lowest BCUT2D eigenvalue weighted by Crippen LogP contribution is -2.17. The molecule has 0 amide bonds. The summed E-state index contributed by atoms with van der Waals surface area (Å²) in [6.07, 6.45) is 0.879. The third-order valence-electron chi connectivity index (χ3n) is 2.91. The Labute approximate surface area is 122 Å². The highest BCUT2D eigenvalue weighted by atomic mass is 32.2. The minimum atomic E-state index is -3.63. The number of hydrogen-bond acceptors (Lipinski definition) is 6. The molecule has 0 radical (unpaired) electrons. The summed E-state index contributed by atoms with van der Waals surface area (Å²) >= 11 is 1.14. The maximum Gasteiger partial charge on any atom is 0.263 e. The van der Waals surface area contributed by atoms with Crippen molar-refractivity contribution in [1.29, 1.82) is 0 Å². The second-order valence-corrected chi connectivity index (χ2v) is 6.69. The molecule has 6 nitrogen and oxygen atoms in total. The SMILES string of the molecule is CCC(NC)c1cccc(S(=O)(=O)Nc2nncs2)c1. The van der Waals surface area contributed by atoms with Crippen molar-refractivity contribution in [2.24, 2.45) is 0 Å². The summed E-state index contributed by atoms with van der Waals surface area (Å²) in [4.78, 5) is 0.221. The van der Waals surface area contributed by atoms with E-state index in [0.29, 0.717) is 0 Å². The van der Waals surface area contributed by atoms with Crippen molar-refractivity contribution in [3.05, 3.63) is 35.3 Å². The topological polar surface area (TPSA) is 84.0 Å². The standard InChI is InChI=1S/C12H16N4O2S2/c1-3-11(13-2)9-5-4-6-10(7-9)20(17,18)16-12-15-14-8-19-12/h4-8,11,13H,3H2,1-2H3,(H,15,16). The van der Waals surface area contributed by atoms with Gasteiger partial charge in [0.15, 0.2) is 0 Å². The summed E-state index contributed by atoms with van der Waals surface area (Å²) in [5.41, 5.74) is 2.41. The molecule has 0 fully saturated rings. The van der Waals surface area contributed by atoms with E-state index < -0.39 is 10.0 Å². The molecular weight excluding hydrogens is 296 g/mol. The van der Waals surface area contributed by atoms with Gasteiger partial charge in [0.1, 0.15) is 5.51 Å². The van der Waals surface area contributed by atoms with E-state index in [1.165, 1.54) is 5.51 Å². The van der Waals surface area contributed by atoms with Gasteiger partial charge in [-0.15, -0.1) is 10.2 Å². The van der Waals surface area contributed by atoms with Crippen LogP contribution in [0, 0.1) is 0 Å². The normalized spacial score (nSPS) is 13.1. The van der Waals surface area contributed by atoms with Crippen molar-refractivity contribution in [3.8, 4) is 0 Å². The highest BCUT2D eigenvalue weighted by molar-refractivity contribution is 7.93. The Balaban J connectivity index is 2.30. The lowest BCUT2D eigenvalue weighted by atomic mass is 10.1. The zero-order valence-corrected chi connectivity index (χ0v) is 12.8. The van der Waals surface area contributed by atoms with Crippen molar-refractivity contribution < 1.29 is 8.42 Å². The van der Waals surface area contributed by atoms with Crippen LogP contribution >= 0.6 is 11.3 Å². The first-order chi connectivity index (χ1) is 9.56. The van der Waals surface area contributed by atoms with Crippen molar-refractivity contribution >= 4 is 26.5 Å². The first-order valence-electron chi connectivity index (χ1n) is 6.13. The van der Waals surface area contributed by atoms with Gasteiger partial charge in [-0.25, -0.2) is 8.42 Å². The lowest BCUT2D eigenvalue weighted by molar-refractivity contribution is 0.574. The zero-order chi connectivity index (χ0) is 14.6. The molecule has 0 saturated carbocycles. The molecule has 0 aliphatic heterocycles. The molecule has 1 heterocycles. The van der Waals surface area contributed by atoms with E-state index in [2.05, 4.69) is 20.2 Å². The number of hydrogen-bond donors (Lipinski definition) is 2. The summed E-state index contributed by atoms with van der Waals surface area (Å²) in [5.74, 6) is 0. The molecule has 2 rings (SSSR count). The second-order valence-electron chi connectivity index (χ2n) is 4.17. The first kappa shape index (κ1) is 14.9. The highest BCUT2D eigenvalue weighted by Gasteiger charge is 2.17. The Bertz CT molecular complexity index is 652. The summed E-state index contributed by atoms with van der Waals surface area (Å²) in [6.45, 7) is 2.04. The predicted molar refractivity (Wildman–Crippen MR) is 79.3 cm³/mol. The summed E-state index contributed by atoms with van der Waals surface area (Å²) in [6, 6.07) is 7.02. The van der Waals surface area contributed by atoms with Crippen molar-refractivity contribution in [2.75, 3.05) is 11.8 Å². The van der Waals surface area contributed by atoms with E-state index in [9.17, 15) is 8.42 Å². The monoisotopic (exact) mass is 312 g/mol. The molecular formula is C12H16N4O2S2. The molecule has 8 heteroatoms. The van der Waals surface area contributed by atoms with E-state index in [-0.39, 0.29) is 16.1 Å². The smallest absolute Gasteiger partial charge is 0.263 e. The Morgan fingerprint density at radius 1 is 1.40 bits per heavy atom. The van der Waals surface area contributed by atoms with Crippen LogP contribution in [0.15, 0.2) is 34.7 Å². The van der Waals surface area contributed by atoms with Crippen LogP contribution in [-0.4, -0.2) is 25.7 Å². The van der Waals surface area contributed by atoms with E-state index in [1.54, 1.807) is 18.2 Å². The molecule has 0 saturated heterocycles. The van der Waals surface area contributed by atoms with Crippen molar-refractivity contribution in [2.45, 2.75) is 24.3 Å². The van der Waals surface area contributed by atoms with Gasteiger partial charge in [0.25, 0.3) is 10.0 Å². The van der Waals surface area contributed by atoms with Crippen molar-refractivity contribution in [1.82, 2.24) is 15.5 Å². The fraction of sp³-hybridized carbons (Fsp3) is 0.333. The number of sulfonamides is 1. The largest absolute Gasteiger partial charge is 0.313 e. The number of nitrogens with zero attached hydrogens (tertiary/aromatic N) is 2. The third kappa shape index (κ3) is 3.33. The lowest BCUT2D eigenvalue weighted by Gasteiger charge is -2.15. The maximum atomic E-state index is 12.3. The van der Waals surface area contributed by atoms with Gasteiger partial charge in [-0.05, 0) is 31.2 Å². The molecule has 0 spiro atoms. The molecule has 0 aliphatic carbocycles. The van der Waals surface area contributed by atoms with Gasteiger partial charge in [-0.1, -0.05) is 30.4 Å².